The molecule has 0 radical (unpaired) electrons. The Morgan fingerprint density at radius 1 is 1.42 bits per heavy atom. The van der Waals surface area contributed by atoms with E-state index in [0.717, 1.165) is 30.9 Å². The number of piperidine rings is 1. The second-order valence-corrected chi connectivity index (χ2v) is 5.50. The van der Waals surface area contributed by atoms with Crippen LogP contribution in [0.2, 0.25) is 0 Å². The minimum absolute atomic E-state index is 0.139. The van der Waals surface area contributed by atoms with Crippen LogP contribution >= 0.6 is 0 Å². The minimum atomic E-state index is -0.231. The van der Waals surface area contributed by atoms with Gasteiger partial charge in [-0.1, -0.05) is 6.07 Å². The predicted molar refractivity (Wildman–Crippen MR) is 74.6 cm³/mol. The quantitative estimate of drug-likeness (QED) is 0.899. The van der Waals surface area contributed by atoms with E-state index in [0.29, 0.717) is 5.52 Å². The highest BCUT2D eigenvalue weighted by atomic mass is 19.1. The fraction of sp³-hybridized carbons (Fsp3) is 0.533. The Morgan fingerprint density at radius 3 is 2.95 bits per heavy atom. The molecule has 0 amide bonds. The van der Waals surface area contributed by atoms with E-state index in [2.05, 4.69) is 28.7 Å². The third kappa shape index (κ3) is 1.94. The highest BCUT2D eigenvalue weighted by molar-refractivity contribution is 5.77. The van der Waals surface area contributed by atoms with E-state index in [9.17, 15) is 4.39 Å². The number of benzene rings is 1. The first kappa shape index (κ1) is 12.6. The van der Waals surface area contributed by atoms with Crippen molar-refractivity contribution in [3.8, 4) is 0 Å². The van der Waals surface area contributed by atoms with Crippen LogP contribution in [0.3, 0.4) is 0 Å². The molecule has 1 aliphatic heterocycles. The zero-order valence-corrected chi connectivity index (χ0v) is 11.5. The van der Waals surface area contributed by atoms with Crippen LogP contribution in [0.25, 0.3) is 11.0 Å². The summed E-state index contributed by atoms with van der Waals surface area (Å²) >= 11 is 0. The molecule has 1 aliphatic rings. The Kier molecular flexibility index (Phi) is 3.05. The third-order valence-corrected chi connectivity index (χ3v) is 4.16. The van der Waals surface area contributed by atoms with Crippen LogP contribution < -0.4 is 5.32 Å². The summed E-state index contributed by atoms with van der Waals surface area (Å²) in [7, 11) is 0. The molecule has 0 spiro atoms. The number of fused-ring (bicyclic) bond motifs is 1. The van der Waals surface area contributed by atoms with Gasteiger partial charge in [0, 0.05) is 6.54 Å². The number of halogens is 1. The fourth-order valence-corrected chi connectivity index (χ4v) is 3.10. The molecule has 1 N–H and O–H groups in total. The molecule has 1 atom stereocenters. The molecular formula is C15H20FN3. The summed E-state index contributed by atoms with van der Waals surface area (Å²) in [5.41, 5.74) is 1.25. The number of aromatic nitrogens is 2. The van der Waals surface area contributed by atoms with Gasteiger partial charge in [-0.05, 0) is 51.8 Å². The van der Waals surface area contributed by atoms with Gasteiger partial charge in [-0.2, -0.15) is 0 Å². The Balaban J connectivity index is 2.20. The van der Waals surface area contributed by atoms with Gasteiger partial charge in [0.1, 0.15) is 11.3 Å². The van der Waals surface area contributed by atoms with Crippen LogP contribution in [0.1, 0.15) is 38.9 Å². The second kappa shape index (κ2) is 4.60. The van der Waals surface area contributed by atoms with E-state index < -0.39 is 0 Å². The normalized spacial score (nSPS) is 23.9. The van der Waals surface area contributed by atoms with Crippen LogP contribution in [-0.4, -0.2) is 16.1 Å². The summed E-state index contributed by atoms with van der Waals surface area (Å²) in [4.78, 5) is 4.60. The molecule has 4 heteroatoms. The fourth-order valence-electron chi connectivity index (χ4n) is 3.10. The Hall–Kier alpha value is -1.42. The Bertz CT molecular complexity index is 597. The van der Waals surface area contributed by atoms with Gasteiger partial charge in [-0.15, -0.1) is 0 Å². The lowest BCUT2D eigenvalue weighted by atomic mass is 9.90. The molecule has 1 saturated heterocycles. The monoisotopic (exact) mass is 261 g/mol. The van der Waals surface area contributed by atoms with Gasteiger partial charge in [0.15, 0.2) is 5.82 Å². The molecule has 1 aromatic carbocycles. The predicted octanol–water partition coefficient (Wildman–Crippen LogP) is 3.18. The van der Waals surface area contributed by atoms with E-state index in [1.165, 1.54) is 18.9 Å². The van der Waals surface area contributed by atoms with Gasteiger partial charge in [0.25, 0.3) is 0 Å². The standard InChI is InChI=1S/C15H20FN3/c1-3-19-12-8-6-7-11(16)13(12)18-14(19)15(2)9-4-5-10-17-15/h6-8,17H,3-5,9-10H2,1-2H3. The molecule has 3 nitrogen and oxygen atoms in total. The number of rotatable bonds is 2. The number of hydrogen-bond donors (Lipinski definition) is 1. The lowest BCUT2D eigenvalue weighted by Crippen LogP contribution is -2.45. The number of nitrogens with zero attached hydrogens (tertiary/aromatic N) is 2. The van der Waals surface area contributed by atoms with Gasteiger partial charge in [0.2, 0.25) is 0 Å². The lowest BCUT2D eigenvalue weighted by Gasteiger charge is -2.34. The molecule has 0 saturated carbocycles. The van der Waals surface area contributed by atoms with Crippen LogP contribution in [0.4, 0.5) is 4.39 Å². The molecule has 1 fully saturated rings. The molecule has 102 valence electrons. The summed E-state index contributed by atoms with van der Waals surface area (Å²) in [5.74, 6) is 0.736. The molecule has 19 heavy (non-hydrogen) atoms. The van der Waals surface area contributed by atoms with Crippen molar-refractivity contribution in [1.29, 1.82) is 0 Å². The lowest BCUT2D eigenvalue weighted by molar-refractivity contribution is 0.262. The van der Waals surface area contributed by atoms with Crippen molar-refractivity contribution >= 4 is 11.0 Å². The van der Waals surface area contributed by atoms with Crippen molar-refractivity contribution in [2.24, 2.45) is 0 Å². The third-order valence-electron chi connectivity index (χ3n) is 4.16. The average molecular weight is 261 g/mol. The topological polar surface area (TPSA) is 29.9 Å². The van der Waals surface area contributed by atoms with Crippen molar-refractivity contribution in [2.45, 2.75) is 45.2 Å². The summed E-state index contributed by atoms with van der Waals surface area (Å²) in [6.07, 6.45) is 3.45. The van der Waals surface area contributed by atoms with Gasteiger partial charge < -0.3 is 9.88 Å². The summed E-state index contributed by atoms with van der Waals surface area (Å²) in [5, 5.41) is 3.56. The van der Waals surface area contributed by atoms with Gasteiger partial charge >= 0.3 is 0 Å². The number of nitrogens with one attached hydrogen (secondary N) is 1. The molecule has 1 aromatic heterocycles. The Morgan fingerprint density at radius 2 is 2.26 bits per heavy atom. The van der Waals surface area contributed by atoms with Crippen molar-refractivity contribution in [3.63, 3.8) is 0 Å². The zero-order valence-electron chi connectivity index (χ0n) is 11.5. The summed E-state index contributed by atoms with van der Waals surface area (Å²) in [6.45, 7) is 6.08. The molecule has 0 bridgehead atoms. The summed E-state index contributed by atoms with van der Waals surface area (Å²) < 4.78 is 16.0. The van der Waals surface area contributed by atoms with Crippen LogP contribution in [0.15, 0.2) is 18.2 Å². The minimum Gasteiger partial charge on any atom is -0.327 e. The molecule has 1 unspecified atom stereocenters. The highest BCUT2D eigenvalue weighted by Crippen LogP contribution is 2.32. The van der Waals surface area contributed by atoms with E-state index in [-0.39, 0.29) is 11.4 Å². The highest BCUT2D eigenvalue weighted by Gasteiger charge is 2.33. The number of imidazole rings is 1. The maximum Gasteiger partial charge on any atom is 0.151 e. The van der Waals surface area contributed by atoms with Crippen molar-refractivity contribution in [2.75, 3.05) is 6.54 Å². The van der Waals surface area contributed by atoms with E-state index in [1.54, 1.807) is 6.07 Å². The zero-order chi connectivity index (χ0) is 13.5. The van der Waals surface area contributed by atoms with Crippen molar-refractivity contribution in [3.05, 3.63) is 29.8 Å². The maximum absolute atomic E-state index is 13.9. The first-order chi connectivity index (χ1) is 9.15. The molecule has 2 heterocycles. The molecule has 2 aromatic rings. The van der Waals surface area contributed by atoms with Gasteiger partial charge in [0.05, 0.1) is 11.1 Å². The smallest absolute Gasteiger partial charge is 0.151 e. The number of para-hydroxylation sites is 1. The van der Waals surface area contributed by atoms with Gasteiger partial charge in [-0.25, -0.2) is 9.37 Å². The molecule has 0 aliphatic carbocycles. The molecular weight excluding hydrogens is 241 g/mol. The first-order valence-corrected chi connectivity index (χ1v) is 7.06. The second-order valence-electron chi connectivity index (χ2n) is 5.50. The summed E-state index contributed by atoms with van der Waals surface area (Å²) in [6, 6.07) is 5.19. The van der Waals surface area contributed by atoms with Crippen LogP contribution in [0.5, 0.6) is 0 Å². The van der Waals surface area contributed by atoms with E-state index in [1.807, 2.05) is 6.07 Å². The first-order valence-electron chi connectivity index (χ1n) is 7.06. The van der Waals surface area contributed by atoms with E-state index in [4.69, 9.17) is 0 Å². The van der Waals surface area contributed by atoms with Crippen LogP contribution in [-0.2, 0) is 12.1 Å². The van der Waals surface area contributed by atoms with Crippen LogP contribution in [0, 0.1) is 5.82 Å². The van der Waals surface area contributed by atoms with Crippen molar-refractivity contribution < 1.29 is 4.39 Å². The van der Waals surface area contributed by atoms with E-state index >= 15 is 0 Å². The average Bonchev–Trinajstić information content (AvgIpc) is 2.80. The number of hydrogen-bond acceptors (Lipinski definition) is 2. The SMILES string of the molecule is CCn1c(C2(C)CCCCN2)nc2c(F)cccc21. The molecule has 3 rings (SSSR count). The van der Waals surface area contributed by atoms with Crippen molar-refractivity contribution in [1.82, 2.24) is 14.9 Å². The largest absolute Gasteiger partial charge is 0.327 e. The maximum atomic E-state index is 13.9. The Labute approximate surface area is 112 Å². The number of aryl methyl sites for hydroxylation is 1. The van der Waals surface area contributed by atoms with Gasteiger partial charge in [-0.3, -0.25) is 0 Å².